The maximum absolute atomic E-state index is 12.7. The zero-order valence-electron chi connectivity index (χ0n) is 16.0. The van der Waals surface area contributed by atoms with Crippen molar-refractivity contribution in [1.82, 2.24) is 29.7 Å². The summed E-state index contributed by atoms with van der Waals surface area (Å²) < 4.78 is 1.33. The molecule has 0 radical (unpaired) electrons. The SMILES string of the molecule is CN(C)C(=O)Cn1cc(C(=O)N2CCN(C(=O)c3cc(Cl)cc(Cl)c3)CC2)nn1. The summed E-state index contributed by atoms with van der Waals surface area (Å²) >= 11 is 11.9. The largest absolute Gasteiger partial charge is 0.347 e. The van der Waals surface area contributed by atoms with Crippen LogP contribution < -0.4 is 0 Å². The zero-order chi connectivity index (χ0) is 21.1. The summed E-state index contributed by atoms with van der Waals surface area (Å²) in [5, 5.41) is 8.49. The number of carbonyl (C=O) groups excluding carboxylic acids is 3. The number of hydrogen-bond donors (Lipinski definition) is 0. The van der Waals surface area contributed by atoms with Crippen LogP contribution in [0.5, 0.6) is 0 Å². The van der Waals surface area contributed by atoms with E-state index in [9.17, 15) is 14.4 Å². The first-order valence-corrected chi connectivity index (χ1v) is 9.65. The van der Waals surface area contributed by atoms with Gasteiger partial charge in [-0.15, -0.1) is 5.10 Å². The Morgan fingerprint density at radius 1 is 0.966 bits per heavy atom. The Balaban J connectivity index is 1.59. The minimum atomic E-state index is -0.286. The van der Waals surface area contributed by atoms with E-state index in [1.807, 2.05) is 0 Å². The average Bonchev–Trinajstić information content (AvgIpc) is 3.14. The van der Waals surface area contributed by atoms with Gasteiger partial charge in [-0.3, -0.25) is 14.4 Å². The number of benzene rings is 1. The van der Waals surface area contributed by atoms with Gasteiger partial charge in [0.15, 0.2) is 5.69 Å². The molecule has 0 aliphatic carbocycles. The van der Waals surface area contributed by atoms with Gasteiger partial charge in [-0.1, -0.05) is 28.4 Å². The molecule has 1 aliphatic heterocycles. The quantitative estimate of drug-likeness (QED) is 0.716. The van der Waals surface area contributed by atoms with Crippen LogP contribution in [0.2, 0.25) is 10.0 Å². The second-order valence-corrected chi connectivity index (χ2v) is 7.70. The lowest BCUT2D eigenvalue weighted by Gasteiger charge is -2.34. The van der Waals surface area contributed by atoms with Gasteiger partial charge in [-0.05, 0) is 18.2 Å². The lowest BCUT2D eigenvalue weighted by Crippen LogP contribution is -2.50. The fraction of sp³-hybridized carbons (Fsp3) is 0.389. The van der Waals surface area contributed by atoms with Gasteiger partial charge < -0.3 is 14.7 Å². The van der Waals surface area contributed by atoms with Gasteiger partial charge in [0.2, 0.25) is 5.91 Å². The van der Waals surface area contributed by atoms with E-state index in [1.165, 1.54) is 15.8 Å². The number of aromatic nitrogens is 3. The summed E-state index contributed by atoms with van der Waals surface area (Å²) in [6, 6.07) is 4.71. The van der Waals surface area contributed by atoms with Crippen molar-refractivity contribution in [2.75, 3.05) is 40.3 Å². The molecule has 154 valence electrons. The van der Waals surface area contributed by atoms with Gasteiger partial charge in [-0.2, -0.15) is 0 Å². The fourth-order valence-electron chi connectivity index (χ4n) is 2.89. The molecule has 29 heavy (non-hydrogen) atoms. The fourth-order valence-corrected chi connectivity index (χ4v) is 3.41. The molecule has 1 aromatic heterocycles. The number of piperazine rings is 1. The Hall–Kier alpha value is -2.65. The van der Waals surface area contributed by atoms with Crippen molar-refractivity contribution in [2.45, 2.75) is 6.54 Å². The van der Waals surface area contributed by atoms with Crippen LogP contribution in [0.3, 0.4) is 0 Å². The molecule has 0 N–H and O–H groups in total. The maximum atomic E-state index is 12.7. The lowest BCUT2D eigenvalue weighted by atomic mass is 10.1. The van der Waals surface area contributed by atoms with Crippen LogP contribution in [-0.2, 0) is 11.3 Å². The Bertz CT molecular complexity index is 917. The van der Waals surface area contributed by atoms with Crippen LogP contribution in [0.15, 0.2) is 24.4 Å². The van der Waals surface area contributed by atoms with Crippen LogP contribution >= 0.6 is 23.2 Å². The van der Waals surface area contributed by atoms with Gasteiger partial charge in [0.1, 0.15) is 6.54 Å². The molecule has 1 aromatic carbocycles. The van der Waals surface area contributed by atoms with Gasteiger partial charge >= 0.3 is 0 Å². The Labute approximate surface area is 177 Å². The highest BCUT2D eigenvalue weighted by Crippen LogP contribution is 2.21. The Morgan fingerprint density at radius 2 is 1.52 bits per heavy atom. The molecule has 1 fully saturated rings. The van der Waals surface area contributed by atoms with Crippen LogP contribution in [0.4, 0.5) is 0 Å². The molecule has 1 aliphatic rings. The number of carbonyl (C=O) groups is 3. The molecule has 0 spiro atoms. The molecule has 3 amide bonds. The Kier molecular flexibility index (Phi) is 6.39. The van der Waals surface area contributed by atoms with Crippen molar-refractivity contribution in [3.05, 3.63) is 45.7 Å². The third-order valence-corrected chi connectivity index (χ3v) is 4.95. The molecular formula is C18H20Cl2N6O3. The maximum Gasteiger partial charge on any atom is 0.276 e. The summed E-state index contributed by atoms with van der Waals surface area (Å²) in [7, 11) is 3.28. The highest BCUT2D eigenvalue weighted by molar-refractivity contribution is 6.35. The van der Waals surface area contributed by atoms with Crippen molar-refractivity contribution in [3.63, 3.8) is 0 Å². The molecule has 2 heterocycles. The number of amides is 3. The van der Waals surface area contributed by atoms with Crippen LogP contribution in [-0.4, -0.2) is 87.7 Å². The third-order valence-electron chi connectivity index (χ3n) is 4.52. The normalized spacial score (nSPS) is 14.1. The van der Waals surface area contributed by atoms with Crippen LogP contribution in [0.25, 0.3) is 0 Å². The van der Waals surface area contributed by atoms with E-state index >= 15 is 0 Å². The summed E-state index contributed by atoms with van der Waals surface area (Å²) in [4.78, 5) is 41.7. The van der Waals surface area contributed by atoms with Gasteiger partial charge in [-0.25, -0.2) is 4.68 Å². The lowest BCUT2D eigenvalue weighted by molar-refractivity contribution is -0.129. The summed E-state index contributed by atoms with van der Waals surface area (Å²) in [6.07, 6.45) is 1.45. The first kappa shape index (κ1) is 21.1. The monoisotopic (exact) mass is 438 g/mol. The van der Waals surface area contributed by atoms with Gasteiger partial charge in [0, 0.05) is 55.9 Å². The van der Waals surface area contributed by atoms with Crippen molar-refractivity contribution in [2.24, 2.45) is 0 Å². The highest BCUT2D eigenvalue weighted by Gasteiger charge is 2.27. The molecule has 0 atom stereocenters. The average molecular weight is 439 g/mol. The highest BCUT2D eigenvalue weighted by atomic mass is 35.5. The van der Waals surface area contributed by atoms with Crippen molar-refractivity contribution < 1.29 is 14.4 Å². The van der Waals surface area contributed by atoms with Crippen LogP contribution in [0.1, 0.15) is 20.8 Å². The van der Waals surface area contributed by atoms with Crippen molar-refractivity contribution in [3.8, 4) is 0 Å². The number of nitrogens with zero attached hydrogens (tertiary/aromatic N) is 6. The first-order valence-electron chi connectivity index (χ1n) is 8.89. The number of rotatable bonds is 4. The van der Waals surface area contributed by atoms with E-state index in [2.05, 4.69) is 10.3 Å². The second-order valence-electron chi connectivity index (χ2n) is 6.83. The van der Waals surface area contributed by atoms with Crippen molar-refractivity contribution >= 4 is 40.9 Å². The van der Waals surface area contributed by atoms with Gasteiger partial charge in [0.25, 0.3) is 11.8 Å². The minimum absolute atomic E-state index is 0.0117. The summed E-state index contributed by atoms with van der Waals surface area (Å²) in [6.45, 7) is 1.49. The smallest absolute Gasteiger partial charge is 0.276 e. The van der Waals surface area contributed by atoms with E-state index in [0.717, 1.165) is 0 Å². The number of halogens is 2. The minimum Gasteiger partial charge on any atom is -0.347 e. The number of hydrogen-bond acceptors (Lipinski definition) is 5. The predicted molar refractivity (Wildman–Crippen MR) is 107 cm³/mol. The first-order chi connectivity index (χ1) is 13.7. The second kappa shape index (κ2) is 8.79. The van der Waals surface area contributed by atoms with E-state index in [0.29, 0.717) is 41.8 Å². The van der Waals surface area contributed by atoms with E-state index < -0.39 is 0 Å². The molecular weight excluding hydrogens is 419 g/mol. The van der Waals surface area contributed by atoms with E-state index in [4.69, 9.17) is 23.2 Å². The zero-order valence-corrected chi connectivity index (χ0v) is 17.5. The summed E-state index contributed by atoms with van der Waals surface area (Å²) in [5.41, 5.74) is 0.578. The molecule has 1 saturated heterocycles. The summed E-state index contributed by atoms with van der Waals surface area (Å²) in [5.74, 6) is -0.622. The molecule has 0 unspecified atom stereocenters. The van der Waals surface area contributed by atoms with Gasteiger partial charge in [0.05, 0.1) is 6.20 Å². The standard InChI is InChI=1S/C18H20Cl2N6O3/c1-23(2)16(27)11-26-10-15(21-22-26)18(29)25-5-3-24(4-6-25)17(28)12-7-13(19)9-14(20)8-12/h7-10H,3-6,11H2,1-2H3. The number of likely N-dealkylation sites (N-methyl/N-ethyl adjacent to an activating group) is 1. The third kappa shape index (κ3) is 5.04. The molecule has 0 saturated carbocycles. The predicted octanol–water partition coefficient (Wildman–Crippen LogP) is 1.27. The van der Waals surface area contributed by atoms with E-state index in [-0.39, 0.29) is 30.0 Å². The molecule has 0 bridgehead atoms. The molecule has 11 heteroatoms. The van der Waals surface area contributed by atoms with E-state index in [1.54, 1.807) is 42.1 Å². The van der Waals surface area contributed by atoms with Crippen LogP contribution in [0, 0.1) is 0 Å². The molecule has 9 nitrogen and oxygen atoms in total. The molecule has 3 rings (SSSR count). The van der Waals surface area contributed by atoms with Crippen molar-refractivity contribution in [1.29, 1.82) is 0 Å². The Morgan fingerprint density at radius 3 is 2.07 bits per heavy atom. The molecule has 2 aromatic rings. The topological polar surface area (TPSA) is 91.6 Å².